The second kappa shape index (κ2) is 8.31. The molecule has 0 radical (unpaired) electrons. The molecule has 0 amide bonds. The van der Waals surface area contributed by atoms with E-state index < -0.39 is 0 Å². The Kier molecular flexibility index (Phi) is 5.88. The Hall–Kier alpha value is -1.59. The Balaban J connectivity index is 0.000000149. The van der Waals surface area contributed by atoms with E-state index in [2.05, 4.69) is 22.1 Å². The second-order valence-corrected chi connectivity index (χ2v) is 8.53. The Morgan fingerprint density at radius 2 is 1.74 bits per heavy atom. The molecule has 2 aromatic carbocycles. The SMILES string of the molecule is N#CSCSc1nc2ccccc2s1.c1ccc2scnc2c1. The minimum absolute atomic E-state index is 0.746. The first-order chi connectivity index (χ1) is 11.4. The third-order valence-corrected chi connectivity index (χ3v) is 6.47. The standard InChI is InChI=1S/C9H6N2S3.C7H5NS/c10-5-12-6-13-9-11-7-3-1-2-4-8(7)14-9;1-2-4-7-6(3-1)8-5-9-7/h1-4H,6H2;1-5H. The van der Waals surface area contributed by atoms with E-state index in [9.17, 15) is 0 Å². The minimum atomic E-state index is 0.746. The first kappa shape index (κ1) is 16.3. The van der Waals surface area contributed by atoms with Crippen molar-refractivity contribution in [1.82, 2.24) is 9.97 Å². The van der Waals surface area contributed by atoms with Gasteiger partial charge >= 0.3 is 0 Å². The van der Waals surface area contributed by atoms with Gasteiger partial charge in [0, 0.05) is 0 Å². The number of rotatable bonds is 3. The lowest BCUT2D eigenvalue weighted by molar-refractivity contribution is 1.31. The molecule has 0 unspecified atom stereocenters. The fraction of sp³-hybridized carbons (Fsp3) is 0.0625. The van der Waals surface area contributed by atoms with Gasteiger partial charge in [-0.05, 0) is 36.0 Å². The Morgan fingerprint density at radius 1 is 1.00 bits per heavy atom. The predicted molar refractivity (Wildman–Crippen MR) is 103 cm³/mol. The number of para-hydroxylation sites is 2. The number of aromatic nitrogens is 2. The average Bonchev–Trinajstić information content (AvgIpc) is 3.22. The van der Waals surface area contributed by atoms with Gasteiger partial charge in [-0.1, -0.05) is 36.0 Å². The number of fused-ring (bicyclic) bond motifs is 2. The topological polar surface area (TPSA) is 49.6 Å². The van der Waals surface area contributed by atoms with Gasteiger partial charge in [-0.2, -0.15) is 5.26 Å². The predicted octanol–water partition coefficient (Wildman–Crippen LogP) is 5.86. The summed E-state index contributed by atoms with van der Waals surface area (Å²) in [6.45, 7) is 0. The average molecular weight is 374 g/mol. The maximum Gasteiger partial charge on any atom is 0.151 e. The molecule has 2 aromatic heterocycles. The Morgan fingerprint density at radius 3 is 2.48 bits per heavy atom. The van der Waals surface area contributed by atoms with Crippen molar-refractivity contribution < 1.29 is 0 Å². The zero-order valence-electron chi connectivity index (χ0n) is 11.9. The van der Waals surface area contributed by atoms with Crippen LogP contribution >= 0.6 is 46.2 Å². The molecule has 4 rings (SSSR count). The van der Waals surface area contributed by atoms with Crippen molar-refractivity contribution in [2.45, 2.75) is 4.34 Å². The largest absolute Gasteiger partial charge is 0.245 e. The number of nitriles is 1. The highest BCUT2D eigenvalue weighted by Crippen LogP contribution is 2.30. The lowest BCUT2D eigenvalue weighted by Crippen LogP contribution is -1.69. The molecule has 0 atom stereocenters. The van der Waals surface area contributed by atoms with Gasteiger partial charge in [0.15, 0.2) is 4.34 Å². The van der Waals surface area contributed by atoms with Crippen LogP contribution in [0.2, 0.25) is 0 Å². The summed E-state index contributed by atoms with van der Waals surface area (Å²) in [5.74, 6) is 0. The zero-order valence-corrected chi connectivity index (χ0v) is 15.1. The first-order valence-corrected chi connectivity index (χ1v) is 10.3. The van der Waals surface area contributed by atoms with Crippen LogP contribution in [0.15, 0.2) is 58.4 Å². The van der Waals surface area contributed by atoms with Gasteiger partial charge in [0.05, 0.1) is 31.0 Å². The van der Waals surface area contributed by atoms with Crippen LogP contribution in [-0.4, -0.2) is 15.1 Å². The van der Waals surface area contributed by atoms with Gasteiger partial charge in [0.2, 0.25) is 0 Å². The number of benzene rings is 2. The number of thioether (sulfide) groups is 2. The molecule has 0 saturated carbocycles. The van der Waals surface area contributed by atoms with Crippen LogP contribution in [-0.2, 0) is 0 Å². The van der Waals surface area contributed by atoms with E-state index in [0.29, 0.717) is 0 Å². The molecular weight excluding hydrogens is 362 g/mol. The van der Waals surface area contributed by atoms with Crippen LogP contribution in [0.1, 0.15) is 0 Å². The molecule has 0 aliphatic rings. The monoisotopic (exact) mass is 373 g/mol. The Labute approximate surface area is 150 Å². The van der Waals surface area contributed by atoms with Crippen molar-refractivity contribution in [3.05, 3.63) is 54.0 Å². The number of hydrogen-bond acceptors (Lipinski definition) is 7. The summed E-state index contributed by atoms with van der Waals surface area (Å²) in [6, 6.07) is 16.2. The van der Waals surface area contributed by atoms with E-state index in [4.69, 9.17) is 5.26 Å². The third-order valence-electron chi connectivity index (χ3n) is 2.82. The number of thiocyanates is 1. The molecule has 3 nitrogen and oxygen atoms in total. The fourth-order valence-corrected chi connectivity index (χ4v) is 5.15. The molecule has 7 heteroatoms. The molecular formula is C16H11N3S4. The third kappa shape index (κ3) is 4.45. The van der Waals surface area contributed by atoms with Crippen LogP contribution in [0.3, 0.4) is 0 Å². The van der Waals surface area contributed by atoms with Crippen molar-refractivity contribution in [2.75, 3.05) is 5.08 Å². The summed E-state index contributed by atoms with van der Waals surface area (Å²) in [4.78, 5) is 8.58. The van der Waals surface area contributed by atoms with Gasteiger partial charge < -0.3 is 0 Å². The van der Waals surface area contributed by atoms with Crippen LogP contribution < -0.4 is 0 Å². The minimum Gasteiger partial charge on any atom is -0.245 e. The number of hydrogen-bond donors (Lipinski definition) is 0. The van der Waals surface area contributed by atoms with Crippen LogP contribution in [0.4, 0.5) is 0 Å². The van der Waals surface area contributed by atoms with E-state index in [0.717, 1.165) is 20.5 Å². The van der Waals surface area contributed by atoms with Gasteiger partial charge in [-0.3, -0.25) is 0 Å². The molecule has 0 bridgehead atoms. The molecule has 2 heterocycles. The summed E-state index contributed by atoms with van der Waals surface area (Å²) < 4.78 is 3.50. The molecule has 0 aliphatic carbocycles. The molecule has 4 aromatic rings. The van der Waals surface area contributed by atoms with Gasteiger partial charge in [0.1, 0.15) is 5.40 Å². The molecule has 0 aliphatic heterocycles. The smallest absolute Gasteiger partial charge is 0.151 e. The van der Waals surface area contributed by atoms with Crippen LogP contribution in [0, 0.1) is 10.7 Å². The van der Waals surface area contributed by atoms with Crippen molar-refractivity contribution in [2.24, 2.45) is 0 Å². The number of thiazole rings is 2. The molecule has 0 N–H and O–H groups in total. The van der Waals surface area contributed by atoms with Crippen molar-refractivity contribution in [3.63, 3.8) is 0 Å². The van der Waals surface area contributed by atoms with E-state index in [1.807, 2.05) is 47.3 Å². The molecule has 0 spiro atoms. The highest BCUT2D eigenvalue weighted by atomic mass is 32.2. The lowest BCUT2D eigenvalue weighted by Gasteiger charge is -1.87. The highest BCUT2D eigenvalue weighted by molar-refractivity contribution is 8.18. The van der Waals surface area contributed by atoms with Crippen LogP contribution in [0.25, 0.3) is 20.4 Å². The van der Waals surface area contributed by atoms with E-state index in [1.54, 1.807) is 34.4 Å². The van der Waals surface area contributed by atoms with E-state index >= 15 is 0 Å². The zero-order chi connectivity index (χ0) is 15.9. The van der Waals surface area contributed by atoms with Crippen LogP contribution in [0.5, 0.6) is 0 Å². The normalized spacial score (nSPS) is 10.2. The van der Waals surface area contributed by atoms with E-state index in [-0.39, 0.29) is 0 Å². The van der Waals surface area contributed by atoms with Gasteiger partial charge in [-0.15, -0.1) is 22.7 Å². The molecule has 0 fully saturated rings. The molecule has 23 heavy (non-hydrogen) atoms. The van der Waals surface area contributed by atoms with Crippen molar-refractivity contribution >= 4 is 66.6 Å². The lowest BCUT2D eigenvalue weighted by atomic mass is 10.3. The first-order valence-electron chi connectivity index (χ1n) is 6.64. The number of nitrogens with zero attached hydrogens (tertiary/aromatic N) is 3. The summed E-state index contributed by atoms with van der Waals surface area (Å²) in [6.07, 6.45) is 0. The summed E-state index contributed by atoms with van der Waals surface area (Å²) in [5.41, 5.74) is 4.01. The Bertz CT molecular complexity index is 876. The second-order valence-electron chi connectivity index (χ2n) is 4.27. The summed E-state index contributed by atoms with van der Waals surface area (Å²) in [5, 5.41) is 11.2. The van der Waals surface area contributed by atoms with E-state index in [1.165, 1.54) is 21.2 Å². The summed E-state index contributed by atoms with van der Waals surface area (Å²) in [7, 11) is 0. The van der Waals surface area contributed by atoms with Crippen molar-refractivity contribution in [1.29, 1.82) is 5.26 Å². The van der Waals surface area contributed by atoms with Crippen molar-refractivity contribution in [3.8, 4) is 5.40 Å². The molecule has 114 valence electrons. The maximum absolute atomic E-state index is 8.37. The van der Waals surface area contributed by atoms with Gasteiger partial charge in [0.25, 0.3) is 0 Å². The maximum atomic E-state index is 8.37. The van der Waals surface area contributed by atoms with Gasteiger partial charge in [-0.25, -0.2) is 9.97 Å². The summed E-state index contributed by atoms with van der Waals surface area (Å²) >= 11 is 6.22. The fourth-order valence-electron chi connectivity index (χ4n) is 1.82. The molecule has 0 saturated heterocycles. The quantitative estimate of drug-likeness (QED) is 0.195. The highest BCUT2D eigenvalue weighted by Gasteiger charge is 2.02.